The lowest BCUT2D eigenvalue weighted by atomic mass is 9.97. The highest BCUT2D eigenvalue weighted by molar-refractivity contribution is 5.89. The van der Waals surface area contributed by atoms with Gasteiger partial charge in [0.2, 0.25) is 0 Å². The number of piperidine rings is 1. The Kier molecular flexibility index (Phi) is 6.98. The maximum absolute atomic E-state index is 9.83. The van der Waals surface area contributed by atoms with Crippen molar-refractivity contribution in [3.63, 3.8) is 0 Å². The summed E-state index contributed by atoms with van der Waals surface area (Å²) < 4.78 is 11.9. The van der Waals surface area contributed by atoms with Crippen LogP contribution in [0.1, 0.15) is 37.8 Å². The Bertz CT molecular complexity index is 991. The van der Waals surface area contributed by atoms with Gasteiger partial charge in [-0.05, 0) is 85.4 Å². The Balaban J connectivity index is 1.41. The van der Waals surface area contributed by atoms with Gasteiger partial charge in [0.15, 0.2) is 0 Å². The van der Waals surface area contributed by atoms with Gasteiger partial charge in [-0.1, -0.05) is 31.2 Å². The summed E-state index contributed by atoms with van der Waals surface area (Å²) in [5.74, 6) is 2.96. The summed E-state index contributed by atoms with van der Waals surface area (Å²) >= 11 is 0. The molecule has 0 aliphatic carbocycles. The zero-order chi connectivity index (χ0) is 21.6. The van der Waals surface area contributed by atoms with E-state index in [1.165, 1.54) is 31.5 Å². The minimum atomic E-state index is 0.281. The monoisotopic (exact) mass is 419 g/mol. The first-order valence-electron chi connectivity index (χ1n) is 11.4. The van der Waals surface area contributed by atoms with Crippen molar-refractivity contribution < 1.29 is 14.6 Å². The number of nitrogens with zero attached hydrogens (tertiary/aromatic N) is 1. The molecule has 4 nitrogen and oxygen atoms in total. The van der Waals surface area contributed by atoms with E-state index < -0.39 is 0 Å². The first kappa shape index (κ1) is 21.5. The summed E-state index contributed by atoms with van der Waals surface area (Å²) in [6, 6.07) is 17.9. The molecule has 1 N–H and O–H groups in total. The van der Waals surface area contributed by atoms with Crippen LogP contribution >= 0.6 is 0 Å². The highest BCUT2D eigenvalue weighted by Crippen LogP contribution is 2.32. The number of fused-ring (bicyclic) bond motifs is 1. The molecule has 1 aliphatic heterocycles. The van der Waals surface area contributed by atoms with Gasteiger partial charge in [-0.25, -0.2) is 0 Å². The van der Waals surface area contributed by atoms with E-state index in [0.717, 1.165) is 53.3 Å². The topological polar surface area (TPSA) is 41.9 Å². The largest absolute Gasteiger partial charge is 0.508 e. The van der Waals surface area contributed by atoms with Gasteiger partial charge in [0.1, 0.15) is 23.9 Å². The van der Waals surface area contributed by atoms with E-state index in [4.69, 9.17) is 9.47 Å². The molecule has 3 aromatic rings. The average Bonchev–Trinajstić information content (AvgIpc) is 2.78. The van der Waals surface area contributed by atoms with E-state index in [0.29, 0.717) is 6.61 Å². The molecule has 0 aromatic heterocycles. The molecule has 0 amide bonds. The number of ether oxygens (including phenoxy) is 2. The maximum Gasteiger partial charge on any atom is 0.123 e. The molecule has 0 unspecified atom stereocenters. The van der Waals surface area contributed by atoms with Crippen LogP contribution in [0, 0.1) is 5.92 Å². The van der Waals surface area contributed by atoms with Gasteiger partial charge in [-0.2, -0.15) is 0 Å². The lowest BCUT2D eigenvalue weighted by molar-refractivity contribution is 0.160. The van der Waals surface area contributed by atoms with Crippen LogP contribution in [0.4, 0.5) is 0 Å². The predicted octanol–water partition coefficient (Wildman–Crippen LogP) is 5.65. The molecule has 0 radical (unpaired) electrons. The summed E-state index contributed by atoms with van der Waals surface area (Å²) in [5, 5.41) is 12.0. The van der Waals surface area contributed by atoms with Crippen LogP contribution in [0.3, 0.4) is 0 Å². The van der Waals surface area contributed by atoms with Crippen LogP contribution in [0.2, 0.25) is 0 Å². The molecule has 31 heavy (non-hydrogen) atoms. The fourth-order valence-corrected chi connectivity index (χ4v) is 4.32. The third-order valence-electron chi connectivity index (χ3n) is 6.23. The minimum Gasteiger partial charge on any atom is -0.508 e. The van der Waals surface area contributed by atoms with Crippen molar-refractivity contribution in [2.75, 3.05) is 32.8 Å². The van der Waals surface area contributed by atoms with Crippen molar-refractivity contribution in [1.29, 1.82) is 0 Å². The van der Waals surface area contributed by atoms with Crippen molar-refractivity contribution in [3.05, 3.63) is 65.7 Å². The van der Waals surface area contributed by atoms with Gasteiger partial charge in [-0.3, -0.25) is 4.90 Å². The standard InChI is InChI=1S/C27H33NO3/c1-3-30-27-11-6-22-19-23(29)7-10-25(22)26(27)18-21-4-8-24(9-5-21)31-17-16-28-14-12-20(2)13-15-28/h4-11,19-20,29H,3,12-18H2,1-2H3. The van der Waals surface area contributed by atoms with Crippen molar-refractivity contribution in [2.45, 2.75) is 33.1 Å². The van der Waals surface area contributed by atoms with Gasteiger partial charge in [0.25, 0.3) is 0 Å². The van der Waals surface area contributed by atoms with Crippen LogP contribution in [0.25, 0.3) is 10.8 Å². The first-order chi connectivity index (χ1) is 15.1. The molecule has 1 heterocycles. The third-order valence-corrected chi connectivity index (χ3v) is 6.23. The second kappa shape index (κ2) is 10.1. The van der Waals surface area contributed by atoms with Gasteiger partial charge in [0.05, 0.1) is 6.61 Å². The number of hydrogen-bond acceptors (Lipinski definition) is 4. The van der Waals surface area contributed by atoms with Gasteiger partial charge >= 0.3 is 0 Å². The van der Waals surface area contributed by atoms with Crippen molar-refractivity contribution in [1.82, 2.24) is 4.90 Å². The number of phenolic OH excluding ortho intramolecular Hbond substituents is 1. The molecule has 0 saturated carbocycles. The minimum absolute atomic E-state index is 0.281. The average molecular weight is 420 g/mol. The first-order valence-corrected chi connectivity index (χ1v) is 11.4. The fraction of sp³-hybridized carbons (Fsp3) is 0.407. The Hall–Kier alpha value is -2.72. The van der Waals surface area contributed by atoms with E-state index in [2.05, 4.69) is 36.1 Å². The SMILES string of the molecule is CCOc1ccc2cc(O)ccc2c1Cc1ccc(OCCN2CCC(C)CC2)cc1. The Morgan fingerprint density at radius 2 is 1.74 bits per heavy atom. The fourth-order valence-electron chi connectivity index (χ4n) is 4.32. The van der Waals surface area contributed by atoms with Gasteiger partial charge in [-0.15, -0.1) is 0 Å². The molecule has 4 rings (SSSR count). The molecule has 0 atom stereocenters. The van der Waals surface area contributed by atoms with Crippen LogP contribution in [0.5, 0.6) is 17.2 Å². The van der Waals surface area contributed by atoms with E-state index in [-0.39, 0.29) is 5.75 Å². The molecule has 1 saturated heterocycles. The molecule has 3 aromatic carbocycles. The van der Waals surface area contributed by atoms with Gasteiger partial charge < -0.3 is 14.6 Å². The molecule has 4 heteroatoms. The summed E-state index contributed by atoms with van der Waals surface area (Å²) in [5.41, 5.74) is 2.35. The number of aromatic hydroxyl groups is 1. The molecule has 0 spiro atoms. The van der Waals surface area contributed by atoms with Crippen molar-refractivity contribution in [2.24, 2.45) is 5.92 Å². The van der Waals surface area contributed by atoms with Crippen LogP contribution in [0.15, 0.2) is 54.6 Å². The predicted molar refractivity (Wildman–Crippen MR) is 126 cm³/mol. The van der Waals surface area contributed by atoms with Crippen LogP contribution in [-0.4, -0.2) is 42.9 Å². The van der Waals surface area contributed by atoms with E-state index >= 15 is 0 Å². The lowest BCUT2D eigenvalue weighted by Gasteiger charge is -2.29. The molecule has 1 aliphatic rings. The summed E-state index contributed by atoms with van der Waals surface area (Å²) in [4.78, 5) is 2.50. The third kappa shape index (κ3) is 5.50. The molecular formula is C27H33NO3. The maximum atomic E-state index is 9.83. The highest BCUT2D eigenvalue weighted by atomic mass is 16.5. The number of phenols is 1. The Morgan fingerprint density at radius 3 is 2.48 bits per heavy atom. The summed E-state index contributed by atoms with van der Waals surface area (Å²) in [6.07, 6.45) is 3.36. The molecule has 164 valence electrons. The zero-order valence-electron chi connectivity index (χ0n) is 18.6. The number of benzene rings is 3. The van der Waals surface area contributed by atoms with Crippen LogP contribution < -0.4 is 9.47 Å². The molecule has 1 fully saturated rings. The quantitative estimate of drug-likeness (QED) is 0.513. The van der Waals surface area contributed by atoms with Crippen LogP contribution in [-0.2, 0) is 6.42 Å². The summed E-state index contributed by atoms with van der Waals surface area (Å²) in [6.45, 7) is 9.07. The zero-order valence-corrected chi connectivity index (χ0v) is 18.6. The second-order valence-electron chi connectivity index (χ2n) is 8.57. The smallest absolute Gasteiger partial charge is 0.123 e. The number of likely N-dealkylation sites (tertiary alicyclic amines) is 1. The highest BCUT2D eigenvalue weighted by Gasteiger charge is 2.15. The number of hydrogen-bond donors (Lipinski definition) is 1. The second-order valence-corrected chi connectivity index (χ2v) is 8.57. The van der Waals surface area contributed by atoms with Gasteiger partial charge in [0, 0.05) is 18.5 Å². The number of rotatable bonds is 8. The summed E-state index contributed by atoms with van der Waals surface area (Å²) in [7, 11) is 0. The van der Waals surface area contributed by atoms with Crippen molar-refractivity contribution >= 4 is 10.8 Å². The Labute approximate surface area is 185 Å². The Morgan fingerprint density at radius 1 is 0.968 bits per heavy atom. The van der Waals surface area contributed by atoms with Crippen molar-refractivity contribution in [3.8, 4) is 17.2 Å². The molecular weight excluding hydrogens is 386 g/mol. The molecule has 0 bridgehead atoms. The lowest BCUT2D eigenvalue weighted by Crippen LogP contribution is -2.35. The normalized spacial score (nSPS) is 15.3. The van der Waals surface area contributed by atoms with E-state index in [9.17, 15) is 5.11 Å². The van der Waals surface area contributed by atoms with E-state index in [1.54, 1.807) is 12.1 Å². The van der Waals surface area contributed by atoms with E-state index in [1.807, 2.05) is 25.1 Å².